The summed E-state index contributed by atoms with van der Waals surface area (Å²) in [4.78, 5) is 11.7. The summed E-state index contributed by atoms with van der Waals surface area (Å²) in [6.07, 6.45) is 10.5. The lowest BCUT2D eigenvalue weighted by Gasteiger charge is -2.35. The Morgan fingerprint density at radius 1 is 1.19 bits per heavy atom. The molecule has 0 aromatic carbocycles. The minimum Gasteiger partial charge on any atom is -0.352 e. The highest BCUT2D eigenvalue weighted by Crippen LogP contribution is 2.28. The second-order valence-corrected chi connectivity index (χ2v) is 6.72. The molecule has 0 radical (unpaired) electrons. The lowest BCUT2D eigenvalue weighted by atomic mass is 9.95. The van der Waals surface area contributed by atoms with Crippen LogP contribution in [0.15, 0.2) is 6.33 Å². The highest BCUT2D eigenvalue weighted by Gasteiger charge is 2.24. The van der Waals surface area contributed by atoms with Crippen molar-refractivity contribution in [2.75, 3.05) is 18.0 Å². The molecule has 2 aliphatic rings. The monoisotopic (exact) mass is 288 g/mol. The molecule has 1 N–H and O–H groups in total. The SMILES string of the molecule is CC(C)N(CC1CCCCN1)c1ncnc2c1CCCC2. The first kappa shape index (κ1) is 14.8. The van der Waals surface area contributed by atoms with Gasteiger partial charge in [-0.3, -0.25) is 0 Å². The third-order valence-electron chi connectivity index (χ3n) is 4.83. The van der Waals surface area contributed by atoms with Crippen molar-refractivity contribution in [3.05, 3.63) is 17.6 Å². The molecule has 0 bridgehead atoms. The normalized spacial score (nSPS) is 22.1. The molecule has 1 aromatic rings. The Bertz CT molecular complexity index is 466. The van der Waals surface area contributed by atoms with Crippen LogP contribution >= 0.6 is 0 Å². The molecule has 1 aliphatic carbocycles. The summed E-state index contributed by atoms with van der Waals surface area (Å²) in [5, 5.41) is 3.67. The summed E-state index contributed by atoms with van der Waals surface area (Å²) in [5.41, 5.74) is 2.70. The number of fused-ring (bicyclic) bond motifs is 1. The molecule has 1 unspecified atom stereocenters. The van der Waals surface area contributed by atoms with Gasteiger partial charge in [0.1, 0.15) is 12.1 Å². The van der Waals surface area contributed by atoms with Crippen LogP contribution < -0.4 is 10.2 Å². The second kappa shape index (κ2) is 6.73. The van der Waals surface area contributed by atoms with E-state index in [1.54, 1.807) is 6.33 Å². The zero-order chi connectivity index (χ0) is 14.7. The van der Waals surface area contributed by atoms with Crippen molar-refractivity contribution in [1.29, 1.82) is 0 Å². The van der Waals surface area contributed by atoms with E-state index in [9.17, 15) is 0 Å². The van der Waals surface area contributed by atoms with E-state index in [1.165, 1.54) is 55.7 Å². The molecule has 3 rings (SSSR count). The largest absolute Gasteiger partial charge is 0.352 e. The van der Waals surface area contributed by atoms with Crippen LogP contribution in [0.1, 0.15) is 57.2 Å². The van der Waals surface area contributed by atoms with Crippen molar-refractivity contribution < 1.29 is 0 Å². The fourth-order valence-electron chi connectivity index (χ4n) is 3.61. The van der Waals surface area contributed by atoms with Crippen LogP contribution in [0.2, 0.25) is 0 Å². The lowest BCUT2D eigenvalue weighted by Crippen LogP contribution is -2.46. The van der Waals surface area contributed by atoms with Crippen molar-refractivity contribution in [3.63, 3.8) is 0 Å². The fourth-order valence-corrected chi connectivity index (χ4v) is 3.61. The maximum Gasteiger partial charge on any atom is 0.135 e. The third kappa shape index (κ3) is 3.37. The summed E-state index contributed by atoms with van der Waals surface area (Å²) >= 11 is 0. The minimum absolute atomic E-state index is 0.481. The molecule has 0 amide bonds. The molecule has 2 heterocycles. The first-order chi connectivity index (χ1) is 10.3. The van der Waals surface area contributed by atoms with Crippen LogP contribution in [-0.2, 0) is 12.8 Å². The molecule has 1 atom stereocenters. The van der Waals surface area contributed by atoms with E-state index < -0.39 is 0 Å². The van der Waals surface area contributed by atoms with Crippen molar-refractivity contribution in [2.24, 2.45) is 0 Å². The average Bonchev–Trinajstić information content (AvgIpc) is 2.53. The van der Waals surface area contributed by atoms with Crippen LogP contribution in [0.5, 0.6) is 0 Å². The first-order valence-electron chi connectivity index (χ1n) is 8.58. The summed E-state index contributed by atoms with van der Waals surface area (Å²) in [5.74, 6) is 1.20. The van der Waals surface area contributed by atoms with Gasteiger partial charge in [0.15, 0.2) is 0 Å². The van der Waals surface area contributed by atoms with Crippen LogP contribution in [0.25, 0.3) is 0 Å². The third-order valence-corrected chi connectivity index (χ3v) is 4.83. The van der Waals surface area contributed by atoms with Crippen molar-refractivity contribution in [2.45, 2.75) is 70.9 Å². The van der Waals surface area contributed by atoms with Crippen LogP contribution in [0, 0.1) is 0 Å². The van der Waals surface area contributed by atoms with E-state index in [0.29, 0.717) is 12.1 Å². The Kier molecular flexibility index (Phi) is 4.73. The Hall–Kier alpha value is -1.16. The maximum absolute atomic E-state index is 4.67. The number of rotatable bonds is 4. The molecule has 1 fully saturated rings. The van der Waals surface area contributed by atoms with Crippen molar-refractivity contribution in [3.8, 4) is 0 Å². The van der Waals surface area contributed by atoms with Gasteiger partial charge in [-0.05, 0) is 58.9 Å². The number of nitrogens with zero attached hydrogens (tertiary/aromatic N) is 3. The maximum atomic E-state index is 4.67. The molecule has 1 aliphatic heterocycles. The average molecular weight is 288 g/mol. The molecule has 4 heteroatoms. The summed E-state index contributed by atoms with van der Waals surface area (Å²) in [7, 11) is 0. The number of aromatic nitrogens is 2. The minimum atomic E-state index is 0.481. The van der Waals surface area contributed by atoms with E-state index in [2.05, 4.69) is 34.0 Å². The molecular weight excluding hydrogens is 260 g/mol. The Morgan fingerprint density at radius 3 is 2.81 bits per heavy atom. The van der Waals surface area contributed by atoms with Gasteiger partial charge in [0, 0.05) is 29.9 Å². The second-order valence-electron chi connectivity index (χ2n) is 6.72. The van der Waals surface area contributed by atoms with Gasteiger partial charge in [-0.25, -0.2) is 9.97 Å². The predicted molar refractivity (Wildman–Crippen MR) is 86.8 cm³/mol. The van der Waals surface area contributed by atoms with Gasteiger partial charge in [-0.2, -0.15) is 0 Å². The number of hydrogen-bond donors (Lipinski definition) is 1. The van der Waals surface area contributed by atoms with Gasteiger partial charge < -0.3 is 10.2 Å². The Morgan fingerprint density at radius 2 is 2.05 bits per heavy atom. The van der Waals surface area contributed by atoms with Crippen LogP contribution in [0.3, 0.4) is 0 Å². The van der Waals surface area contributed by atoms with E-state index in [4.69, 9.17) is 0 Å². The lowest BCUT2D eigenvalue weighted by molar-refractivity contribution is 0.392. The number of aryl methyl sites for hydroxylation is 1. The van der Waals surface area contributed by atoms with E-state index in [1.807, 2.05) is 0 Å². The Balaban J connectivity index is 1.83. The molecular formula is C17H28N4. The van der Waals surface area contributed by atoms with E-state index >= 15 is 0 Å². The fraction of sp³-hybridized carbons (Fsp3) is 0.765. The Labute approximate surface area is 128 Å². The van der Waals surface area contributed by atoms with Crippen molar-refractivity contribution in [1.82, 2.24) is 15.3 Å². The molecule has 4 nitrogen and oxygen atoms in total. The number of anilines is 1. The van der Waals surface area contributed by atoms with Gasteiger partial charge in [-0.1, -0.05) is 6.42 Å². The molecule has 1 saturated heterocycles. The molecule has 1 aromatic heterocycles. The number of hydrogen-bond acceptors (Lipinski definition) is 4. The molecule has 116 valence electrons. The highest BCUT2D eigenvalue weighted by molar-refractivity contribution is 5.50. The molecule has 0 saturated carbocycles. The van der Waals surface area contributed by atoms with E-state index in [0.717, 1.165) is 19.4 Å². The van der Waals surface area contributed by atoms with Gasteiger partial charge in [0.05, 0.1) is 0 Å². The first-order valence-corrected chi connectivity index (χ1v) is 8.58. The quantitative estimate of drug-likeness (QED) is 0.925. The zero-order valence-corrected chi connectivity index (χ0v) is 13.4. The molecule has 0 spiro atoms. The van der Waals surface area contributed by atoms with Crippen LogP contribution in [0.4, 0.5) is 5.82 Å². The summed E-state index contributed by atoms with van der Waals surface area (Å²) < 4.78 is 0. The van der Waals surface area contributed by atoms with Gasteiger partial charge in [0.2, 0.25) is 0 Å². The van der Waals surface area contributed by atoms with Crippen LogP contribution in [-0.4, -0.2) is 35.1 Å². The predicted octanol–water partition coefficient (Wildman–Crippen LogP) is 2.71. The number of piperidine rings is 1. The van der Waals surface area contributed by atoms with Gasteiger partial charge in [-0.15, -0.1) is 0 Å². The smallest absolute Gasteiger partial charge is 0.135 e. The van der Waals surface area contributed by atoms with E-state index in [-0.39, 0.29) is 0 Å². The van der Waals surface area contributed by atoms with Crippen molar-refractivity contribution >= 4 is 5.82 Å². The highest BCUT2D eigenvalue weighted by atomic mass is 15.2. The number of nitrogens with one attached hydrogen (secondary N) is 1. The molecule has 21 heavy (non-hydrogen) atoms. The summed E-state index contributed by atoms with van der Waals surface area (Å²) in [6, 6.07) is 1.09. The summed E-state index contributed by atoms with van der Waals surface area (Å²) in [6.45, 7) is 6.79. The van der Waals surface area contributed by atoms with Gasteiger partial charge in [0.25, 0.3) is 0 Å². The standard InChI is InChI=1S/C17H28N4/c1-13(2)21(11-14-7-5-6-10-18-14)17-15-8-3-4-9-16(15)19-12-20-17/h12-14,18H,3-11H2,1-2H3. The topological polar surface area (TPSA) is 41.0 Å². The van der Waals surface area contributed by atoms with Gasteiger partial charge >= 0.3 is 0 Å². The zero-order valence-electron chi connectivity index (χ0n) is 13.4.